The van der Waals surface area contributed by atoms with Gasteiger partial charge in [0.1, 0.15) is 0 Å². The highest BCUT2D eigenvalue weighted by molar-refractivity contribution is 5.97. The van der Waals surface area contributed by atoms with Gasteiger partial charge in [-0.1, -0.05) is 5.16 Å². The summed E-state index contributed by atoms with van der Waals surface area (Å²) in [6, 6.07) is -0.150. The van der Waals surface area contributed by atoms with Gasteiger partial charge in [0.05, 0.1) is 17.8 Å². The van der Waals surface area contributed by atoms with E-state index in [1.54, 1.807) is 22.8 Å². The van der Waals surface area contributed by atoms with Crippen LogP contribution in [0, 0.1) is 0 Å². The summed E-state index contributed by atoms with van der Waals surface area (Å²) >= 11 is 0. The first kappa shape index (κ1) is 15.4. The fourth-order valence-electron chi connectivity index (χ4n) is 2.90. The Morgan fingerprint density at radius 2 is 2.22 bits per heavy atom. The molecule has 1 unspecified atom stereocenters. The van der Waals surface area contributed by atoms with Gasteiger partial charge in [0.2, 0.25) is 12.3 Å². The predicted molar refractivity (Wildman–Crippen MR) is 79.4 cm³/mol. The maximum atomic E-state index is 12.5. The number of carbonyl (C=O) groups excluding carboxylic acids is 2. The summed E-state index contributed by atoms with van der Waals surface area (Å²) in [6.45, 7) is 0.666. The number of amides is 1. The Balaban J connectivity index is 1.61. The van der Waals surface area contributed by atoms with Gasteiger partial charge >= 0.3 is 0 Å². The lowest BCUT2D eigenvalue weighted by atomic mass is 10.0. The number of aromatic nitrogens is 4. The van der Waals surface area contributed by atoms with Crippen molar-refractivity contribution < 1.29 is 14.1 Å². The zero-order valence-electron chi connectivity index (χ0n) is 13.0. The van der Waals surface area contributed by atoms with Crippen LogP contribution < -0.4 is 0 Å². The lowest BCUT2D eigenvalue weighted by molar-refractivity contribution is -0.135. The molecular formula is C15H19N5O3. The molecule has 2 aromatic heterocycles. The molecule has 1 atom stereocenters. The Morgan fingerprint density at radius 3 is 2.91 bits per heavy atom. The minimum Gasteiger partial charge on any atom is -0.343 e. The van der Waals surface area contributed by atoms with Crippen LogP contribution in [0.5, 0.6) is 0 Å². The molecular weight excluding hydrogens is 298 g/mol. The van der Waals surface area contributed by atoms with Crippen LogP contribution in [0.1, 0.15) is 54.3 Å². The first-order chi connectivity index (χ1) is 11.1. The first-order valence-corrected chi connectivity index (χ1v) is 7.72. The van der Waals surface area contributed by atoms with E-state index in [1.165, 1.54) is 12.6 Å². The van der Waals surface area contributed by atoms with E-state index in [0.29, 0.717) is 17.9 Å². The molecule has 122 valence electrons. The second kappa shape index (κ2) is 6.72. The number of rotatable bonds is 5. The average Bonchev–Trinajstić information content (AvgIpc) is 3.24. The summed E-state index contributed by atoms with van der Waals surface area (Å²) in [5, 5.41) is 7.83. The summed E-state index contributed by atoms with van der Waals surface area (Å²) in [7, 11) is 1.76. The van der Waals surface area contributed by atoms with E-state index in [9.17, 15) is 9.59 Å². The largest absolute Gasteiger partial charge is 0.343 e. The van der Waals surface area contributed by atoms with E-state index in [-0.39, 0.29) is 30.6 Å². The van der Waals surface area contributed by atoms with Crippen LogP contribution in [0.2, 0.25) is 0 Å². The van der Waals surface area contributed by atoms with E-state index in [1.807, 2.05) is 0 Å². The second-order valence-electron chi connectivity index (χ2n) is 5.71. The number of carbonyl (C=O) groups is 2. The van der Waals surface area contributed by atoms with E-state index in [0.717, 1.165) is 19.3 Å². The number of piperidine rings is 1. The van der Waals surface area contributed by atoms with Gasteiger partial charge in [0, 0.05) is 32.6 Å². The highest BCUT2D eigenvalue weighted by Gasteiger charge is 2.30. The maximum absolute atomic E-state index is 12.5. The quantitative estimate of drug-likeness (QED) is 0.776. The molecule has 1 aliphatic rings. The summed E-state index contributed by atoms with van der Waals surface area (Å²) in [4.78, 5) is 30.4. The third-order valence-electron chi connectivity index (χ3n) is 4.09. The first-order valence-electron chi connectivity index (χ1n) is 7.72. The van der Waals surface area contributed by atoms with Crippen molar-refractivity contribution in [1.82, 2.24) is 24.8 Å². The third kappa shape index (κ3) is 3.46. The fraction of sp³-hybridized carbons (Fsp3) is 0.533. The van der Waals surface area contributed by atoms with Crippen LogP contribution in [0.4, 0.5) is 0 Å². The molecule has 8 nitrogen and oxygen atoms in total. The lowest BCUT2D eigenvalue weighted by Crippen LogP contribution is -2.39. The van der Waals surface area contributed by atoms with E-state index in [2.05, 4.69) is 15.2 Å². The van der Waals surface area contributed by atoms with Gasteiger partial charge in [-0.25, -0.2) is 0 Å². The normalized spacial score (nSPS) is 18.1. The smallest absolute Gasteiger partial charge is 0.223 e. The van der Waals surface area contributed by atoms with Gasteiger partial charge in [0.25, 0.3) is 0 Å². The van der Waals surface area contributed by atoms with Crippen LogP contribution in [0.25, 0.3) is 0 Å². The third-order valence-corrected chi connectivity index (χ3v) is 4.09. The summed E-state index contributed by atoms with van der Waals surface area (Å²) in [5.74, 6) is 0.424. The fourth-order valence-corrected chi connectivity index (χ4v) is 2.90. The monoisotopic (exact) mass is 317 g/mol. The number of Topliss-reactive ketones (excluding diaryl/α,β-unsaturated/α-hetero) is 1. The Bertz CT molecular complexity index is 679. The molecule has 0 radical (unpaired) electrons. The SMILES string of the molecule is Cn1cc(C(=O)CCC(=O)N2CCCCC2c2ncon2)cn1. The zero-order valence-corrected chi connectivity index (χ0v) is 13.0. The Hall–Kier alpha value is -2.51. The molecule has 1 amide bonds. The molecule has 8 heteroatoms. The summed E-state index contributed by atoms with van der Waals surface area (Å²) < 4.78 is 6.37. The van der Waals surface area contributed by atoms with Crippen molar-refractivity contribution >= 4 is 11.7 Å². The minimum atomic E-state index is -0.150. The van der Waals surface area contributed by atoms with Crippen molar-refractivity contribution in [1.29, 1.82) is 0 Å². The van der Waals surface area contributed by atoms with Gasteiger partial charge in [-0.2, -0.15) is 10.1 Å². The summed E-state index contributed by atoms with van der Waals surface area (Å²) in [6.07, 6.45) is 7.63. The van der Waals surface area contributed by atoms with Crippen LogP contribution in [0.15, 0.2) is 23.3 Å². The van der Waals surface area contributed by atoms with Crippen molar-refractivity contribution in [2.24, 2.45) is 7.05 Å². The van der Waals surface area contributed by atoms with Crippen LogP contribution >= 0.6 is 0 Å². The highest BCUT2D eigenvalue weighted by Crippen LogP contribution is 2.29. The maximum Gasteiger partial charge on any atom is 0.223 e. The van der Waals surface area contributed by atoms with Crippen molar-refractivity contribution in [3.05, 3.63) is 30.2 Å². The Morgan fingerprint density at radius 1 is 1.35 bits per heavy atom. The van der Waals surface area contributed by atoms with Crippen LogP contribution in [-0.2, 0) is 11.8 Å². The van der Waals surface area contributed by atoms with E-state index >= 15 is 0 Å². The average molecular weight is 317 g/mol. The number of hydrogen-bond acceptors (Lipinski definition) is 6. The molecule has 0 bridgehead atoms. The molecule has 0 spiro atoms. The van der Waals surface area contributed by atoms with Crippen molar-refractivity contribution in [2.45, 2.75) is 38.1 Å². The van der Waals surface area contributed by atoms with Gasteiger partial charge in [-0.05, 0) is 19.3 Å². The number of hydrogen-bond donors (Lipinski definition) is 0. The van der Waals surface area contributed by atoms with E-state index in [4.69, 9.17) is 4.52 Å². The number of aryl methyl sites for hydroxylation is 1. The minimum absolute atomic E-state index is 0.0447. The Kier molecular flexibility index (Phi) is 4.50. The van der Waals surface area contributed by atoms with Gasteiger partial charge < -0.3 is 9.42 Å². The van der Waals surface area contributed by atoms with Gasteiger partial charge in [-0.3, -0.25) is 14.3 Å². The van der Waals surface area contributed by atoms with Gasteiger partial charge in [-0.15, -0.1) is 0 Å². The molecule has 0 aromatic carbocycles. The van der Waals surface area contributed by atoms with Gasteiger partial charge in [0.15, 0.2) is 11.6 Å². The highest BCUT2D eigenvalue weighted by atomic mass is 16.5. The second-order valence-corrected chi connectivity index (χ2v) is 5.71. The number of likely N-dealkylation sites (tertiary alicyclic amines) is 1. The standard InChI is InChI=1S/C15H19N5O3/c1-19-9-11(8-17-19)13(21)5-6-14(22)20-7-3-2-4-12(20)15-16-10-23-18-15/h8-10,12H,2-7H2,1H3. The molecule has 1 fully saturated rings. The van der Waals surface area contributed by atoms with Crippen molar-refractivity contribution in [2.75, 3.05) is 6.54 Å². The zero-order chi connectivity index (χ0) is 16.2. The Labute approximate surface area is 133 Å². The van der Waals surface area contributed by atoms with Crippen LogP contribution in [0.3, 0.4) is 0 Å². The molecule has 1 saturated heterocycles. The molecule has 2 aromatic rings. The lowest BCUT2D eigenvalue weighted by Gasteiger charge is -2.33. The molecule has 3 rings (SSSR count). The number of ketones is 1. The molecule has 0 saturated carbocycles. The predicted octanol–water partition coefficient (Wildman–Crippen LogP) is 1.52. The molecule has 3 heterocycles. The number of nitrogens with zero attached hydrogens (tertiary/aromatic N) is 5. The summed E-state index contributed by atoms with van der Waals surface area (Å²) in [5.41, 5.74) is 0.536. The molecule has 1 aliphatic heterocycles. The molecule has 0 N–H and O–H groups in total. The topological polar surface area (TPSA) is 94.1 Å². The molecule has 0 aliphatic carbocycles. The van der Waals surface area contributed by atoms with Crippen LogP contribution in [-0.4, -0.2) is 43.1 Å². The van der Waals surface area contributed by atoms with Crippen molar-refractivity contribution in [3.8, 4) is 0 Å². The molecule has 23 heavy (non-hydrogen) atoms. The van der Waals surface area contributed by atoms with Crippen molar-refractivity contribution in [3.63, 3.8) is 0 Å². The van der Waals surface area contributed by atoms with E-state index < -0.39 is 0 Å².